The van der Waals surface area contributed by atoms with Gasteiger partial charge in [0.05, 0.1) is 0 Å². The number of nitrogens with one attached hydrogen (secondary N) is 5. The topological polar surface area (TPSA) is 218 Å². The third-order valence-electron chi connectivity index (χ3n) is 8.00. The first-order valence-corrected chi connectivity index (χ1v) is 16.7. The molecule has 15 heteroatoms. The highest BCUT2D eigenvalue weighted by Gasteiger charge is 2.31. The minimum Gasteiger partial charge on any atom is -0.480 e. The molecule has 0 spiro atoms. The first-order valence-electron chi connectivity index (χ1n) is 16.7. The molecule has 0 radical (unpaired) electrons. The number of benzene rings is 2. The molecule has 5 atom stereocenters. The Balaban J connectivity index is 1.42. The van der Waals surface area contributed by atoms with E-state index in [2.05, 4.69) is 26.6 Å². The van der Waals surface area contributed by atoms with E-state index in [9.17, 15) is 38.7 Å². The maximum Gasteiger partial charge on any atom is 0.407 e. The van der Waals surface area contributed by atoms with Gasteiger partial charge in [-0.1, -0.05) is 48.5 Å². The van der Waals surface area contributed by atoms with Gasteiger partial charge in [-0.05, 0) is 77.1 Å². The van der Waals surface area contributed by atoms with Gasteiger partial charge in [0.2, 0.25) is 23.6 Å². The molecule has 3 rings (SSSR count). The Morgan fingerprint density at radius 3 is 1.51 bits per heavy atom. The Hall–Kier alpha value is -5.47. The maximum atomic E-state index is 12.7. The minimum absolute atomic E-state index is 0.0570. The monoisotopic (exact) mass is 709 g/mol. The van der Waals surface area contributed by atoms with E-state index >= 15 is 0 Å². The second-order valence-electron chi connectivity index (χ2n) is 13.4. The van der Waals surface area contributed by atoms with Crippen molar-refractivity contribution in [3.63, 3.8) is 0 Å². The first kappa shape index (κ1) is 40.0. The zero-order chi connectivity index (χ0) is 38.0. The number of hydrogen-bond donors (Lipinski definition) is 6. The Morgan fingerprint density at radius 1 is 0.667 bits per heavy atom. The van der Waals surface area contributed by atoms with Gasteiger partial charge in [0.25, 0.3) is 0 Å². The largest absolute Gasteiger partial charge is 0.480 e. The summed E-state index contributed by atoms with van der Waals surface area (Å²) in [5, 5.41) is 21.5. The Kier molecular flexibility index (Phi) is 13.7. The van der Waals surface area contributed by atoms with E-state index in [0.29, 0.717) is 0 Å². The molecule has 0 saturated heterocycles. The molecule has 1 aliphatic rings. The van der Waals surface area contributed by atoms with Crippen LogP contribution >= 0.6 is 0 Å². The van der Waals surface area contributed by atoms with E-state index in [-0.39, 0.29) is 25.4 Å². The van der Waals surface area contributed by atoms with Crippen LogP contribution in [-0.2, 0) is 38.2 Å². The van der Waals surface area contributed by atoms with Crippen LogP contribution in [0.3, 0.4) is 0 Å². The maximum absolute atomic E-state index is 12.7. The molecule has 51 heavy (non-hydrogen) atoms. The van der Waals surface area contributed by atoms with Gasteiger partial charge in [-0.25, -0.2) is 9.59 Å². The zero-order valence-electron chi connectivity index (χ0n) is 29.8. The summed E-state index contributed by atoms with van der Waals surface area (Å²) in [4.78, 5) is 87.0. The smallest absolute Gasteiger partial charge is 0.407 e. The van der Waals surface area contributed by atoms with Crippen molar-refractivity contribution in [2.24, 2.45) is 0 Å². The van der Waals surface area contributed by atoms with E-state index in [1.807, 2.05) is 48.5 Å². The number of carboxylic acids is 1. The molecular weight excluding hydrogens is 662 g/mol. The van der Waals surface area contributed by atoms with E-state index in [0.717, 1.165) is 22.3 Å². The van der Waals surface area contributed by atoms with Crippen LogP contribution in [0.1, 0.15) is 78.4 Å². The number of rotatable bonds is 15. The van der Waals surface area contributed by atoms with Crippen molar-refractivity contribution in [1.82, 2.24) is 26.6 Å². The van der Waals surface area contributed by atoms with Crippen LogP contribution in [0.25, 0.3) is 11.1 Å². The normalized spacial score (nSPS) is 15.0. The molecule has 0 unspecified atom stereocenters. The number of carbonyl (C=O) groups excluding carboxylic acids is 6. The van der Waals surface area contributed by atoms with Crippen molar-refractivity contribution >= 4 is 41.7 Å². The molecular formula is C36H47N5O10. The van der Waals surface area contributed by atoms with Gasteiger partial charge in [-0.3, -0.25) is 24.0 Å². The molecule has 6 N–H and O–H groups in total. The fourth-order valence-corrected chi connectivity index (χ4v) is 5.30. The fourth-order valence-electron chi connectivity index (χ4n) is 5.30. The van der Waals surface area contributed by atoms with Crippen molar-refractivity contribution in [1.29, 1.82) is 0 Å². The van der Waals surface area contributed by atoms with Crippen molar-refractivity contribution in [3.8, 4) is 11.1 Å². The van der Waals surface area contributed by atoms with Gasteiger partial charge in [0, 0.05) is 12.3 Å². The number of amides is 5. The lowest BCUT2D eigenvalue weighted by atomic mass is 9.98. The van der Waals surface area contributed by atoms with Crippen LogP contribution in [0.5, 0.6) is 0 Å². The molecule has 0 fully saturated rings. The molecule has 2 aromatic rings. The van der Waals surface area contributed by atoms with E-state index in [1.54, 1.807) is 20.8 Å². The molecule has 5 amide bonds. The Labute approximate surface area is 296 Å². The van der Waals surface area contributed by atoms with Gasteiger partial charge >= 0.3 is 18.0 Å². The molecule has 0 bridgehead atoms. The molecule has 276 valence electrons. The molecule has 15 nitrogen and oxygen atoms in total. The van der Waals surface area contributed by atoms with Gasteiger partial charge in [-0.15, -0.1) is 0 Å². The summed E-state index contributed by atoms with van der Waals surface area (Å²) in [6, 6.07) is 9.83. The number of ether oxygens (including phenoxy) is 2. The molecule has 1 aliphatic carbocycles. The lowest BCUT2D eigenvalue weighted by molar-refractivity contribution is -0.155. The van der Waals surface area contributed by atoms with Crippen LogP contribution in [0.15, 0.2) is 48.5 Å². The van der Waals surface area contributed by atoms with Crippen LogP contribution in [0.2, 0.25) is 0 Å². The van der Waals surface area contributed by atoms with Crippen LogP contribution in [0.4, 0.5) is 4.79 Å². The Bertz CT molecular complexity index is 1590. The van der Waals surface area contributed by atoms with E-state index in [1.165, 1.54) is 27.7 Å². The van der Waals surface area contributed by atoms with Crippen molar-refractivity contribution in [2.75, 3.05) is 6.61 Å². The quantitative estimate of drug-likeness (QED) is 0.148. The predicted molar refractivity (Wildman–Crippen MR) is 185 cm³/mol. The summed E-state index contributed by atoms with van der Waals surface area (Å²) in [5.74, 6) is -5.12. The van der Waals surface area contributed by atoms with Gasteiger partial charge in [0.15, 0.2) is 0 Å². The SMILES string of the molecule is C[C@H](NC(=O)OCC1c2ccccc2-c2ccccc21)C(=O)N[C@@H](C)C(=O)N[C@@H](C)C(=O)N[C@@H](C)C(=O)N[C@@H](CCC(=O)OC(C)(C)C)C(=O)O. The molecule has 0 saturated carbocycles. The average Bonchev–Trinajstić information content (AvgIpc) is 3.37. The lowest BCUT2D eigenvalue weighted by Gasteiger charge is -2.23. The third-order valence-corrected chi connectivity index (χ3v) is 8.00. The van der Waals surface area contributed by atoms with Crippen LogP contribution in [-0.4, -0.2) is 89.2 Å². The van der Waals surface area contributed by atoms with E-state index < -0.39 is 77.5 Å². The van der Waals surface area contributed by atoms with E-state index in [4.69, 9.17) is 9.47 Å². The summed E-state index contributed by atoms with van der Waals surface area (Å²) in [7, 11) is 0. The number of fused-ring (bicyclic) bond motifs is 3. The van der Waals surface area contributed by atoms with Crippen molar-refractivity contribution < 1.29 is 48.1 Å². The fraction of sp³-hybridized carbons (Fsp3) is 0.472. The van der Waals surface area contributed by atoms with Crippen LogP contribution < -0.4 is 26.6 Å². The number of aliphatic carboxylic acids is 1. The number of esters is 1. The highest BCUT2D eigenvalue weighted by Crippen LogP contribution is 2.44. The number of alkyl carbamates (subject to hydrolysis) is 1. The molecule has 0 aromatic heterocycles. The van der Waals surface area contributed by atoms with Crippen LogP contribution in [0, 0.1) is 0 Å². The highest BCUT2D eigenvalue weighted by atomic mass is 16.6. The molecule has 0 heterocycles. The second kappa shape index (κ2) is 17.5. The first-order chi connectivity index (χ1) is 23.9. The van der Waals surface area contributed by atoms with Crippen molar-refractivity contribution in [2.45, 2.75) is 103 Å². The summed E-state index contributed by atoms with van der Waals surface area (Å²) in [5.41, 5.74) is 3.47. The summed E-state index contributed by atoms with van der Waals surface area (Å²) >= 11 is 0. The van der Waals surface area contributed by atoms with Gasteiger partial charge in [0.1, 0.15) is 42.4 Å². The van der Waals surface area contributed by atoms with Gasteiger partial charge in [-0.2, -0.15) is 0 Å². The third kappa shape index (κ3) is 11.5. The Morgan fingerprint density at radius 2 is 1.08 bits per heavy atom. The lowest BCUT2D eigenvalue weighted by Crippen LogP contribution is -2.56. The molecule has 2 aromatic carbocycles. The van der Waals surface area contributed by atoms with Crippen molar-refractivity contribution in [3.05, 3.63) is 59.7 Å². The average molecular weight is 710 g/mol. The molecule has 0 aliphatic heterocycles. The number of carbonyl (C=O) groups is 7. The minimum atomic E-state index is -1.41. The predicted octanol–water partition coefficient (Wildman–Crippen LogP) is 2.12. The summed E-state index contributed by atoms with van der Waals surface area (Å²) < 4.78 is 10.6. The number of hydrogen-bond acceptors (Lipinski definition) is 9. The second-order valence-corrected chi connectivity index (χ2v) is 13.4. The summed E-state index contributed by atoms with van der Waals surface area (Å²) in [6.45, 7) is 10.6. The van der Waals surface area contributed by atoms with Gasteiger partial charge < -0.3 is 41.2 Å². The highest BCUT2D eigenvalue weighted by molar-refractivity contribution is 5.95. The number of carboxylic acid groups (broad SMARTS) is 1. The standard InChI is InChI=1S/C36H47N5O10/c1-19(31(44)39-21(3)33(46)41-28(34(47)48)16-17-29(42)51-36(5,6)7)37-30(43)20(2)38-32(45)22(4)40-35(49)50-18-27-25-14-10-8-12-23(25)24-13-9-11-15-26(24)27/h8-15,19-22,27-28H,16-18H2,1-7H3,(H,37,43)(H,38,45)(H,39,44)(H,40,49)(H,41,46)(H,47,48)/t19-,20-,21-,22-,28-/m0/s1. The zero-order valence-corrected chi connectivity index (χ0v) is 29.8. The summed E-state index contributed by atoms with van der Waals surface area (Å²) in [6.07, 6.45) is -1.29.